The SMILES string of the molecule is O=C(O)C1Cc2ccc(Oc3ccccn3)cc2C1. The average Bonchev–Trinajstić information content (AvgIpc) is 2.83. The van der Waals surface area contributed by atoms with Crippen LogP contribution in [0, 0.1) is 5.92 Å². The summed E-state index contributed by atoms with van der Waals surface area (Å²) < 4.78 is 5.64. The molecular weight excluding hydrogens is 242 g/mol. The Balaban J connectivity index is 1.80. The summed E-state index contributed by atoms with van der Waals surface area (Å²) in [5.74, 6) is 0.196. The lowest BCUT2D eigenvalue weighted by Gasteiger charge is -2.06. The molecule has 0 aliphatic heterocycles. The summed E-state index contributed by atoms with van der Waals surface area (Å²) in [5, 5.41) is 9.05. The van der Waals surface area contributed by atoms with Gasteiger partial charge in [-0.2, -0.15) is 0 Å². The molecule has 19 heavy (non-hydrogen) atoms. The maximum absolute atomic E-state index is 11.0. The number of carbonyl (C=O) groups is 1. The molecule has 0 amide bonds. The van der Waals surface area contributed by atoms with Gasteiger partial charge in [-0.15, -0.1) is 0 Å². The van der Waals surface area contributed by atoms with E-state index in [2.05, 4.69) is 4.98 Å². The molecule has 3 rings (SSSR count). The Morgan fingerprint density at radius 2 is 2.05 bits per heavy atom. The normalized spacial score (nSPS) is 16.9. The van der Waals surface area contributed by atoms with Crippen molar-refractivity contribution in [3.63, 3.8) is 0 Å². The van der Waals surface area contributed by atoms with Crippen LogP contribution in [0.5, 0.6) is 11.6 Å². The first-order valence-corrected chi connectivity index (χ1v) is 6.16. The fourth-order valence-corrected chi connectivity index (χ4v) is 2.36. The Kier molecular flexibility index (Phi) is 2.91. The van der Waals surface area contributed by atoms with Crippen LogP contribution in [-0.2, 0) is 17.6 Å². The minimum atomic E-state index is -0.733. The van der Waals surface area contributed by atoms with Crippen molar-refractivity contribution in [2.75, 3.05) is 0 Å². The molecule has 0 saturated carbocycles. The van der Waals surface area contributed by atoms with E-state index >= 15 is 0 Å². The second-order valence-electron chi connectivity index (χ2n) is 4.64. The van der Waals surface area contributed by atoms with Crippen LogP contribution in [0.2, 0.25) is 0 Å². The van der Waals surface area contributed by atoms with Gasteiger partial charge in [0.05, 0.1) is 5.92 Å². The molecule has 4 heteroatoms. The number of carboxylic acid groups (broad SMARTS) is 1. The summed E-state index contributed by atoms with van der Waals surface area (Å²) in [4.78, 5) is 15.1. The number of ether oxygens (including phenoxy) is 1. The molecule has 1 aliphatic rings. The number of pyridine rings is 1. The highest BCUT2D eigenvalue weighted by Crippen LogP contribution is 2.31. The largest absolute Gasteiger partial charge is 0.481 e. The number of benzene rings is 1. The molecule has 1 atom stereocenters. The predicted octanol–water partition coefficient (Wildman–Crippen LogP) is 2.67. The van der Waals surface area contributed by atoms with Crippen LogP contribution >= 0.6 is 0 Å². The van der Waals surface area contributed by atoms with E-state index in [9.17, 15) is 4.79 Å². The number of aromatic nitrogens is 1. The molecule has 1 aliphatic carbocycles. The lowest BCUT2D eigenvalue weighted by atomic mass is 10.1. The summed E-state index contributed by atoms with van der Waals surface area (Å²) in [6, 6.07) is 11.2. The second-order valence-corrected chi connectivity index (χ2v) is 4.64. The fraction of sp³-hybridized carbons (Fsp3) is 0.200. The highest BCUT2D eigenvalue weighted by molar-refractivity contribution is 5.72. The van der Waals surface area contributed by atoms with Crippen LogP contribution in [0.1, 0.15) is 11.1 Å². The number of carboxylic acids is 1. The van der Waals surface area contributed by atoms with Gasteiger partial charge in [-0.05, 0) is 42.2 Å². The molecule has 1 heterocycles. The fourth-order valence-electron chi connectivity index (χ4n) is 2.36. The van der Waals surface area contributed by atoms with Gasteiger partial charge in [0.25, 0.3) is 0 Å². The molecular formula is C15H13NO3. The van der Waals surface area contributed by atoms with Crippen molar-refractivity contribution in [3.05, 3.63) is 53.7 Å². The van der Waals surface area contributed by atoms with Crippen LogP contribution < -0.4 is 4.74 Å². The first-order valence-electron chi connectivity index (χ1n) is 6.16. The van der Waals surface area contributed by atoms with E-state index < -0.39 is 5.97 Å². The van der Waals surface area contributed by atoms with Crippen LogP contribution in [0.3, 0.4) is 0 Å². The van der Waals surface area contributed by atoms with Gasteiger partial charge >= 0.3 is 5.97 Å². The Morgan fingerprint density at radius 3 is 2.79 bits per heavy atom. The number of nitrogens with zero attached hydrogens (tertiary/aromatic N) is 1. The molecule has 1 aromatic carbocycles. The lowest BCUT2D eigenvalue weighted by molar-refractivity contribution is -0.141. The first kappa shape index (κ1) is 11.7. The molecule has 4 nitrogen and oxygen atoms in total. The topological polar surface area (TPSA) is 59.4 Å². The van der Waals surface area contributed by atoms with Gasteiger partial charge in [0, 0.05) is 12.3 Å². The molecule has 0 spiro atoms. The van der Waals surface area contributed by atoms with E-state index in [4.69, 9.17) is 9.84 Å². The van der Waals surface area contributed by atoms with Gasteiger partial charge in [-0.1, -0.05) is 12.1 Å². The maximum Gasteiger partial charge on any atom is 0.307 e. The Morgan fingerprint density at radius 1 is 1.21 bits per heavy atom. The van der Waals surface area contributed by atoms with Crippen molar-refractivity contribution in [2.24, 2.45) is 5.92 Å². The summed E-state index contributed by atoms with van der Waals surface area (Å²) in [6.07, 6.45) is 2.85. The smallest absolute Gasteiger partial charge is 0.307 e. The molecule has 1 aromatic heterocycles. The van der Waals surface area contributed by atoms with E-state index in [1.165, 1.54) is 0 Å². The zero-order valence-electron chi connectivity index (χ0n) is 10.2. The number of hydrogen-bond donors (Lipinski definition) is 1. The summed E-state index contributed by atoms with van der Waals surface area (Å²) in [5.41, 5.74) is 2.15. The third kappa shape index (κ3) is 2.42. The molecule has 0 bridgehead atoms. The average molecular weight is 255 g/mol. The lowest BCUT2D eigenvalue weighted by Crippen LogP contribution is -2.12. The van der Waals surface area contributed by atoms with E-state index in [0.717, 1.165) is 11.1 Å². The van der Waals surface area contributed by atoms with E-state index in [1.54, 1.807) is 12.3 Å². The Hall–Kier alpha value is -2.36. The number of rotatable bonds is 3. The van der Waals surface area contributed by atoms with Gasteiger partial charge in [0.15, 0.2) is 0 Å². The summed E-state index contributed by atoms with van der Waals surface area (Å²) >= 11 is 0. The standard InChI is InChI=1S/C15H13NO3/c17-15(18)12-7-10-4-5-13(9-11(10)8-12)19-14-3-1-2-6-16-14/h1-6,9,12H,7-8H2,(H,17,18). The maximum atomic E-state index is 11.0. The van der Waals surface area contributed by atoms with Crippen molar-refractivity contribution in [1.82, 2.24) is 4.98 Å². The molecule has 2 aromatic rings. The minimum Gasteiger partial charge on any atom is -0.481 e. The Labute approximate surface area is 110 Å². The monoisotopic (exact) mass is 255 g/mol. The third-order valence-electron chi connectivity index (χ3n) is 3.32. The number of hydrogen-bond acceptors (Lipinski definition) is 3. The highest BCUT2D eigenvalue weighted by atomic mass is 16.5. The number of fused-ring (bicyclic) bond motifs is 1. The molecule has 1 unspecified atom stereocenters. The zero-order chi connectivity index (χ0) is 13.2. The van der Waals surface area contributed by atoms with Gasteiger partial charge in [0.1, 0.15) is 5.75 Å². The van der Waals surface area contributed by atoms with Crippen LogP contribution in [0.25, 0.3) is 0 Å². The zero-order valence-corrected chi connectivity index (χ0v) is 10.2. The van der Waals surface area contributed by atoms with Gasteiger partial charge in [0.2, 0.25) is 5.88 Å². The van der Waals surface area contributed by atoms with Crippen molar-refractivity contribution < 1.29 is 14.6 Å². The van der Waals surface area contributed by atoms with Crippen molar-refractivity contribution >= 4 is 5.97 Å². The predicted molar refractivity (Wildman–Crippen MR) is 69.3 cm³/mol. The summed E-state index contributed by atoms with van der Waals surface area (Å²) in [7, 11) is 0. The molecule has 0 radical (unpaired) electrons. The van der Waals surface area contributed by atoms with Gasteiger partial charge < -0.3 is 9.84 Å². The summed E-state index contributed by atoms with van der Waals surface area (Å²) in [6.45, 7) is 0. The van der Waals surface area contributed by atoms with E-state index in [1.807, 2.05) is 30.3 Å². The Bertz CT molecular complexity index is 610. The van der Waals surface area contributed by atoms with Crippen molar-refractivity contribution in [1.29, 1.82) is 0 Å². The number of aliphatic carboxylic acids is 1. The van der Waals surface area contributed by atoms with E-state index in [0.29, 0.717) is 24.5 Å². The van der Waals surface area contributed by atoms with E-state index in [-0.39, 0.29) is 5.92 Å². The van der Waals surface area contributed by atoms with Crippen molar-refractivity contribution in [3.8, 4) is 11.6 Å². The van der Waals surface area contributed by atoms with Gasteiger partial charge in [-0.25, -0.2) is 4.98 Å². The van der Waals surface area contributed by atoms with Crippen LogP contribution in [-0.4, -0.2) is 16.1 Å². The quantitative estimate of drug-likeness (QED) is 0.916. The minimum absolute atomic E-state index is 0.305. The third-order valence-corrected chi connectivity index (χ3v) is 3.32. The van der Waals surface area contributed by atoms with Crippen LogP contribution in [0.4, 0.5) is 0 Å². The molecule has 0 fully saturated rings. The first-order chi connectivity index (χ1) is 9.22. The second kappa shape index (κ2) is 4.72. The molecule has 96 valence electrons. The highest BCUT2D eigenvalue weighted by Gasteiger charge is 2.27. The van der Waals surface area contributed by atoms with Crippen molar-refractivity contribution in [2.45, 2.75) is 12.8 Å². The van der Waals surface area contributed by atoms with Crippen LogP contribution in [0.15, 0.2) is 42.6 Å². The molecule has 0 saturated heterocycles. The van der Waals surface area contributed by atoms with Gasteiger partial charge in [-0.3, -0.25) is 4.79 Å². The molecule has 1 N–H and O–H groups in total.